The van der Waals surface area contributed by atoms with Gasteiger partial charge in [-0.1, -0.05) is 11.6 Å². The van der Waals surface area contributed by atoms with Crippen molar-refractivity contribution in [2.45, 2.75) is 37.6 Å². The molecule has 0 saturated carbocycles. The minimum absolute atomic E-state index is 0.00194. The number of benzene rings is 1. The van der Waals surface area contributed by atoms with E-state index in [-0.39, 0.29) is 24.4 Å². The van der Waals surface area contributed by atoms with Crippen molar-refractivity contribution in [2.24, 2.45) is 0 Å². The van der Waals surface area contributed by atoms with Crippen LogP contribution in [0, 0.1) is 11.3 Å². The second-order valence-electron chi connectivity index (χ2n) is 7.43. The molecule has 2 heterocycles. The molecule has 1 aliphatic heterocycles. The van der Waals surface area contributed by atoms with Crippen LogP contribution in [0.5, 0.6) is 0 Å². The van der Waals surface area contributed by atoms with Gasteiger partial charge in [0.25, 0.3) is 11.8 Å². The second-order valence-corrected chi connectivity index (χ2v) is 7.87. The SMILES string of the molecule is N#Cc1cc(Cl)cc2c1C[C@@H](Nc1ncc(C(=O)N3CCCC(F)(F)C3)cn1)C2. The van der Waals surface area contributed by atoms with Crippen LogP contribution in [0.15, 0.2) is 24.5 Å². The maximum atomic E-state index is 13.6. The summed E-state index contributed by atoms with van der Waals surface area (Å²) in [5, 5.41) is 13.0. The van der Waals surface area contributed by atoms with Crippen LogP contribution >= 0.6 is 11.6 Å². The smallest absolute Gasteiger partial charge is 0.265 e. The molecule has 2 aliphatic rings. The van der Waals surface area contributed by atoms with Gasteiger partial charge in [-0.3, -0.25) is 4.79 Å². The molecule has 2 aromatic rings. The Morgan fingerprint density at radius 3 is 2.76 bits per heavy atom. The van der Waals surface area contributed by atoms with Crippen molar-refractivity contribution in [1.82, 2.24) is 14.9 Å². The third-order valence-corrected chi connectivity index (χ3v) is 5.47. The highest BCUT2D eigenvalue weighted by molar-refractivity contribution is 6.30. The predicted octanol–water partition coefficient (Wildman–Crippen LogP) is 3.45. The number of aromatic nitrogens is 2. The van der Waals surface area contributed by atoms with Crippen LogP contribution in [0.3, 0.4) is 0 Å². The van der Waals surface area contributed by atoms with E-state index in [2.05, 4.69) is 21.4 Å². The Labute approximate surface area is 171 Å². The number of hydrogen-bond acceptors (Lipinski definition) is 5. The Bertz CT molecular complexity index is 990. The standard InChI is InChI=1S/C20H18ClF2N5O/c21-15-4-12-6-16(7-17(12)13(5-15)8-24)27-19-25-9-14(10-26-19)18(29)28-3-1-2-20(22,23)11-28/h4-5,9-10,16H,1-3,6-7,11H2,(H,25,26,27)/t16-/m0/s1. The first kappa shape index (κ1) is 19.5. The third kappa shape index (κ3) is 4.15. The number of carbonyl (C=O) groups excluding carboxylic acids is 1. The number of nitriles is 1. The first-order valence-electron chi connectivity index (χ1n) is 9.32. The molecule has 4 rings (SSSR count). The van der Waals surface area contributed by atoms with Crippen molar-refractivity contribution in [3.63, 3.8) is 0 Å². The summed E-state index contributed by atoms with van der Waals surface area (Å²) in [6.07, 6.45) is 4.10. The highest BCUT2D eigenvalue weighted by Gasteiger charge is 2.37. The zero-order valence-electron chi connectivity index (χ0n) is 15.5. The van der Waals surface area contributed by atoms with Crippen molar-refractivity contribution < 1.29 is 13.6 Å². The van der Waals surface area contributed by atoms with Crippen LogP contribution in [0.4, 0.5) is 14.7 Å². The van der Waals surface area contributed by atoms with Gasteiger partial charge in [0.05, 0.1) is 23.7 Å². The first-order valence-corrected chi connectivity index (χ1v) is 9.69. The van der Waals surface area contributed by atoms with E-state index in [0.717, 1.165) is 16.0 Å². The van der Waals surface area contributed by atoms with E-state index < -0.39 is 18.4 Å². The zero-order chi connectivity index (χ0) is 20.6. The largest absolute Gasteiger partial charge is 0.351 e. The molecule has 1 amide bonds. The van der Waals surface area contributed by atoms with Crippen molar-refractivity contribution in [3.8, 4) is 6.07 Å². The van der Waals surface area contributed by atoms with Crippen molar-refractivity contribution in [1.29, 1.82) is 5.26 Å². The van der Waals surface area contributed by atoms with Gasteiger partial charge in [0.15, 0.2) is 0 Å². The molecular weight excluding hydrogens is 400 g/mol. The fourth-order valence-corrected chi connectivity index (χ4v) is 4.16. The monoisotopic (exact) mass is 417 g/mol. The number of halogens is 3. The number of anilines is 1. The molecule has 1 N–H and O–H groups in total. The average Bonchev–Trinajstić information content (AvgIpc) is 3.08. The average molecular weight is 418 g/mol. The van der Waals surface area contributed by atoms with Crippen LogP contribution in [0.2, 0.25) is 5.02 Å². The summed E-state index contributed by atoms with van der Waals surface area (Å²) in [5.74, 6) is -3.00. The summed E-state index contributed by atoms with van der Waals surface area (Å²) in [5.41, 5.74) is 2.73. The lowest BCUT2D eigenvalue weighted by Gasteiger charge is -2.32. The van der Waals surface area contributed by atoms with Gasteiger partial charge in [-0.25, -0.2) is 18.7 Å². The summed E-state index contributed by atoms with van der Waals surface area (Å²) in [4.78, 5) is 21.9. The van der Waals surface area contributed by atoms with Crippen LogP contribution in [0.1, 0.15) is 39.9 Å². The number of piperidine rings is 1. The second kappa shape index (κ2) is 7.56. The quantitative estimate of drug-likeness (QED) is 0.827. The van der Waals surface area contributed by atoms with E-state index in [1.165, 1.54) is 12.4 Å². The normalized spacial score (nSPS) is 20.1. The molecule has 1 fully saturated rings. The minimum Gasteiger partial charge on any atom is -0.351 e. The Morgan fingerprint density at radius 1 is 1.31 bits per heavy atom. The summed E-state index contributed by atoms with van der Waals surface area (Å²) in [6, 6.07) is 5.68. The number of likely N-dealkylation sites (tertiary alicyclic amines) is 1. The lowest BCUT2D eigenvalue weighted by atomic mass is 10.0. The third-order valence-electron chi connectivity index (χ3n) is 5.26. The van der Waals surface area contributed by atoms with E-state index in [4.69, 9.17) is 11.6 Å². The first-order chi connectivity index (χ1) is 13.8. The van der Waals surface area contributed by atoms with Crippen LogP contribution in [-0.2, 0) is 12.8 Å². The molecule has 150 valence electrons. The Kier molecular flexibility index (Phi) is 5.09. The van der Waals surface area contributed by atoms with E-state index in [1.807, 2.05) is 6.07 Å². The van der Waals surface area contributed by atoms with Crippen LogP contribution in [-0.4, -0.2) is 45.8 Å². The van der Waals surface area contributed by atoms with E-state index in [9.17, 15) is 18.8 Å². The van der Waals surface area contributed by atoms with Gasteiger partial charge < -0.3 is 10.2 Å². The van der Waals surface area contributed by atoms with Crippen molar-refractivity contribution in [3.05, 3.63) is 51.8 Å². The van der Waals surface area contributed by atoms with Crippen molar-refractivity contribution >= 4 is 23.5 Å². The minimum atomic E-state index is -2.85. The van der Waals surface area contributed by atoms with Crippen molar-refractivity contribution in [2.75, 3.05) is 18.4 Å². The van der Waals surface area contributed by atoms with Gasteiger partial charge in [-0.05, 0) is 42.5 Å². The number of nitrogens with zero attached hydrogens (tertiary/aromatic N) is 4. The predicted molar refractivity (Wildman–Crippen MR) is 103 cm³/mol. The summed E-state index contributed by atoms with van der Waals surface area (Å²) in [6.45, 7) is -0.269. The van der Waals surface area contributed by atoms with Gasteiger partial charge in [-0.2, -0.15) is 5.26 Å². The molecule has 1 aromatic carbocycles. The molecular formula is C20H18ClF2N5O. The molecule has 1 aliphatic carbocycles. The Hall–Kier alpha value is -2.79. The lowest BCUT2D eigenvalue weighted by molar-refractivity contribution is -0.0560. The molecule has 0 bridgehead atoms. The highest BCUT2D eigenvalue weighted by atomic mass is 35.5. The number of amides is 1. The maximum Gasteiger partial charge on any atom is 0.265 e. The van der Waals surface area contributed by atoms with E-state index in [0.29, 0.717) is 35.9 Å². The number of rotatable bonds is 3. The lowest BCUT2D eigenvalue weighted by Crippen LogP contribution is -2.45. The molecule has 0 spiro atoms. The molecule has 1 atom stereocenters. The highest BCUT2D eigenvalue weighted by Crippen LogP contribution is 2.30. The van der Waals surface area contributed by atoms with Gasteiger partial charge in [0, 0.05) is 36.4 Å². The summed E-state index contributed by atoms with van der Waals surface area (Å²) in [7, 11) is 0. The van der Waals surface area contributed by atoms with Gasteiger partial charge >= 0.3 is 0 Å². The Balaban J connectivity index is 1.42. The van der Waals surface area contributed by atoms with Crippen LogP contribution in [0.25, 0.3) is 0 Å². The molecule has 29 heavy (non-hydrogen) atoms. The molecule has 6 nitrogen and oxygen atoms in total. The van der Waals surface area contributed by atoms with Gasteiger partial charge in [-0.15, -0.1) is 0 Å². The van der Waals surface area contributed by atoms with Gasteiger partial charge in [0.2, 0.25) is 5.95 Å². The molecule has 1 aromatic heterocycles. The zero-order valence-corrected chi connectivity index (χ0v) is 16.2. The fraction of sp³-hybridized carbons (Fsp3) is 0.400. The number of nitrogens with one attached hydrogen (secondary N) is 1. The molecule has 9 heteroatoms. The maximum absolute atomic E-state index is 13.6. The Morgan fingerprint density at radius 2 is 2.07 bits per heavy atom. The molecule has 1 saturated heterocycles. The van der Waals surface area contributed by atoms with E-state index in [1.54, 1.807) is 6.07 Å². The summed E-state index contributed by atoms with van der Waals surface area (Å²) >= 11 is 6.06. The number of carbonyl (C=O) groups is 1. The molecule has 0 radical (unpaired) electrons. The number of fused-ring (bicyclic) bond motifs is 1. The van der Waals surface area contributed by atoms with E-state index >= 15 is 0 Å². The van der Waals surface area contributed by atoms with Gasteiger partial charge in [0.1, 0.15) is 0 Å². The topological polar surface area (TPSA) is 81.9 Å². The fourth-order valence-electron chi connectivity index (χ4n) is 3.92. The number of hydrogen-bond donors (Lipinski definition) is 1. The summed E-state index contributed by atoms with van der Waals surface area (Å²) < 4.78 is 27.1. The molecule has 0 unspecified atom stereocenters. The number of alkyl halides is 2. The van der Waals surface area contributed by atoms with Crippen LogP contribution < -0.4 is 5.32 Å².